The Morgan fingerprint density at radius 1 is 1.20 bits per heavy atom. The summed E-state index contributed by atoms with van der Waals surface area (Å²) in [5.74, 6) is -2.76. The first-order valence-corrected chi connectivity index (χ1v) is 6.10. The van der Waals surface area contributed by atoms with Gasteiger partial charge in [-0.2, -0.15) is 13.2 Å². The van der Waals surface area contributed by atoms with Crippen molar-refractivity contribution in [2.75, 3.05) is 13.1 Å². The van der Waals surface area contributed by atoms with Crippen LogP contribution in [0.15, 0.2) is 36.4 Å². The van der Waals surface area contributed by atoms with Gasteiger partial charge in [0.25, 0.3) is 0 Å². The van der Waals surface area contributed by atoms with Gasteiger partial charge in [0.1, 0.15) is 0 Å². The van der Waals surface area contributed by atoms with E-state index in [1.807, 2.05) is 0 Å². The molecule has 1 aromatic carbocycles. The highest BCUT2D eigenvalue weighted by molar-refractivity contribution is 5.73. The maximum Gasteiger partial charge on any atom is 0.490 e. The van der Waals surface area contributed by atoms with Crippen molar-refractivity contribution >= 4 is 11.5 Å². The molecule has 1 heterocycles. The summed E-state index contributed by atoms with van der Waals surface area (Å²) in [6, 6.07) is 10.7. The molecule has 1 fully saturated rings. The van der Waals surface area contributed by atoms with E-state index >= 15 is 0 Å². The molecular weight excluding hydrogens is 271 g/mol. The van der Waals surface area contributed by atoms with Crippen LogP contribution in [0.5, 0.6) is 0 Å². The predicted octanol–water partition coefficient (Wildman–Crippen LogP) is 2.70. The largest absolute Gasteiger partial charge is 0.490 e. The zero-order valence-electron chi connectivity index (χ0n) is 10.6. The van der Waals surface area contributed by atoms with Gasteiger partial charge < -0.3 is 10.4 Å². The summed E-state index contributed by atoms with van der Waals surface area (Å²) in [5, 5.41) is 10.5. The topological polar surface area (TPSA) is 49.3 Å². The predicted molar refractivity (Wildman–Crippen MR) is 68.0 cm³/mol. The van der Waals surface area contributed by atoms with Crippen molar-refractivity contribution in [3.8, 4) is 0 Å². The van der Waals surface area contributed by atoms with E-state index in [0.29, 0.717) is 5.41 Å². The van der Waals surface area contributed by atoms with Gasteiger partial charge in [-0.25, -0.2) is 4.79 Å². The second-order valence-corrected chi connectivity index (χ2v) is 4.98. The Hall–Kier alpha value is -1.82. The fourth-order valence-corrected chi connectivity index (χ4v) is 2.23. The molecule has 20 heavy (non-hydrogen) atoms. The van der Waals surface area contributed by atoms with Gasteiger partial charge >= 0.3 is 12.1 Å². The Balaban J connectivity index is 0.000000182. The lowest BCUT2D eigenvalue weighted by molar-refractivity contribution is -0.192. The van der Waals surface area contributed by atoms with E-state index in [4.69, 9.17) is 9.90 Å². The lowest BCUT2D eigenvalue weighted by Crippen LogP contribution is -2.55. The summed E-state index contributed by atoms with van der Waals surface area (Å²) < 4.78 is 31.7. The molecule has 1 saturated heterocycles. The molecule has 108 valence electrons. The van der Waals surface area contributed by atoms with Gasteiger partial charge in [-0.15, -0.1) is 0 Å². The van der Waals surface area contributed by atoms with Gasteiger partial charge in [0, 0.05) is 18.5 Å². The molecule has 3 rings (SSSR count). The van der Waals surface area contributed by atoms with Crippen LogP contribution in [0.4, 0.5) is 13.2 Å². The number of carboxylic acid groups (broad SMARTS) is 1. The molecular formula is C14H14F3NO2. The summed E-state index contributed by atoms with van der Waals surface area (Å²) in [5.41, 5.74) is 3.48. The molecule has 0 radical (unpaired) electrons. The van der Waals surface area contributed by atoms with Crippen molar-refractivity contribution < 1.29 is 23.1 Å². The number of carboxylic acids is 1. The molecule has 0 amide bonds. The highest BCUT2D eigenvalue weighted by Gasteiger charge is 2.42. The summed E-state index contributed by atoms with van der Waals surface area (Å²) in [7, 11) is 0. The van der Waals surface area contributed by atoms with E-state index in [9.17, 15) is 13.2 Å². The van der Waals surface area contributed by atoms with E-state index in [0.717, 1.165) is 0 Å². The molecule has 6 heteroatoms. The van der Waals surface area contributed by atoms with Crippen molar-refractivity contribution in [1.82, 2.24) is 5.32 Å². The number of allylic oxidation sites excluding steroid dienone is 1. The Morgan fingerprint density at radius 3 is 2.05 bits per heavy atom. The normalized spacial score (nSPS) is 19.1. The van der Waals surface area contributed by atoms with E-state index in [2.05, 4.69) is 41.7 Å². The third-order valence-corrected chi connectivity index (χ3v) is 3.36. The number of benzene rings is 1. The van der Waals surface area contributed by atoms with Crippen molar-refractivity contribution in [1.29, 1.82) is 0 Å². The minimum absolute atomic E-state index is 0.547. The number of alkyl halides is 3. The van der Waals surface area contributed by atoms with Crippen LogP contribution in [0.25, 0.3) is 5.57 Å². The first kappa shape index (κ1) is 14.6. The molecule has 2 aliphatic rings. The van der Waals surface area contributed by atoms with E-state index in [-0.39, 0.29) is 0 Å². The quantitative estimate of drug-likeness (QED) is 0.834. The number of carbonyl (C=O) groups is 1. The average Bonchev–Trinajstić information content (AvgIpc) is 2.26. The zero-order valence-corrected chi connectivity index (χ0v) is 10.6. The van der Waals surface area contributed by atoms with Crippen LogP contribution in [0.1, 0.15) is 12.0 Å². The average molecular weight is 285 g/mol. The molecule has 0 saturated carbocycles. The Labute approximate surface area is 114 Å². The molecule has 0 unspecified atom stereocenters. The van der Waals surface area contributed by atoms with Crippen LogP contribution in [0.3, 0.4) is 0 Å². The number of rotatable bonds is 1. The van der Waals surface area contributed by atoms with Crippen LogP contribution in [-0.2, 0) is 4.79 Å². The molecule has 1 aliphatic heterocycles. The molecule has 0 atom stereocenters. The van der Waals surface area contributed by atoms with Crippen molar-refractivity contribution in [2.45, 2.75) is 12.6 Å². The van der Waals surface area contributed by atoms with Gasteiger partial charge in [0.05, 0.1) is 0 Å². The number of hydrogen-bond acceptors (Lipinski definition) is 2. The smallest absolute Gasteiger partial charge is 0.475 e. The van der Waals surface area contributed by atoms with E-state index in [1.54, 1.807) is 0 Å². The molecule has 3 nitrogen and oxygen atoms in total. The van der Waals surface area contributed by atoms with Gasteiger partial charge in [-0.3, -0.25) is 0 Å². The van der Waals surface area contributed by atoms with Crippen molar-refractivity contribution in [2.24, 2.45) is 5.41 Å². The van der Waals surface area contributed by atoms with Crippen LogP contribution < -0.4 is 5.32 Å². The fourth-order valence-electron chi connectivity index (χ4n) is 2.23. The summed E-state index contributed by atoms with van der Waals surface area (Å²) >= 11 is 0. The van der Waals surface area contributed by atoms with Crippen LogP contribution >= 0.6 is 0 Å². The van der Waals surface area contributed by atoms with Gasteiger partial charge in [-0.05, 0) is 17.6 Å². The van der Waals surface area contributed by atoms with Gasteiger partial charge in [0.15, 0.2) is 0 Å². The van der Waals surface area contributed by atoms with Gasteiger partial charge in [0.2, 0.25) is 0 Å². The first-order valence-electron chi connectivity index (χ1n) is 6.10. The number of aliphatic carboxylic acids is 1. The third kappa shape index (κ3) is 3.19. The zero-order chi connectivity index (χ0) is 14.8. The molecule has 0 bridgehead atoms. The second-order valence-electron chi connectivity index (χ2n) is 4.98. The number of hydrogen-bond donors (Lipinski definition) is 2. The Morgan fingerprint density at radius 2 is 1.70 bits per heavy atom. The summed E-state index contributed by atoms with van der Waals surface area (Å²) in [4.78, 5) is 8.90. The summed E-state index contributed by atoms with van der Waals surface area (Å²) in [6.07, 6.45) is -1.37. The third-order valence-electron chi connectivity index (χ3n) is 3.36. The SMILES string of the molecule is C1=C(c2ccccc2)CC12CNC2.O=C(O)C(F)(F)F. The Kier molecular flexibility index (Phi) is 3.85. The lowest BCUT2D eigenvalue weighted by atomic mass is 9.65. The molecule has 1 aromatic rings. The molecule has 1 spiro atoms. The Bertz CT molecular complexity index is 519. The molecule has 1 aliphatic carbocycles. The fraction of sp³-hybridized carbons (Fsp3) is 0.357. The van der Waals surface area contributed by atoms with Crippen LogP contribution in [-0.4, -0.2) is 30.3 Å². The van der Waals surface area contributed by atoms with Crippen molar-refractivity contribution in [3.63, 3.8) is 0 Å². The first-order chi connectivity index (χ1) is 9.32. The maximum absolute atomic E-state index is 10.6. The van der Waals surface area contributed by atoms with Crippen LogP contribution in [0.2, 0.25) is 0 Å². The monoisotopic (exact) mass is 285 g/mol. The number of nitrogens with one attached hydrogen (secondary N) is 1. The minimum Gasteiger partial charge on any atom is -0.475 e. The lowest BCUT2D eigenvalue weighted by Gasteiger charge is -2.47. The molecule has 0 aromatic heterocycles. The minimum atomic E-state index is -5.08. The van der Waals surface area contributed by atoms with Crippen LogP contribution in [0, 0.1) is 5.41 Å². The second kappa shape index (κ2) is 5.28. The highest BCUT2D eigenvalue weighted by Crippen LogP contribution is 2.46. The highest BCUT2D eigenvalue weighted by atomic mass is 19.4. The number of halogens is 3. The van der Waals surface area contributed by atoms with E-state index < -0.39 is 12.1 Å². The molecule has 2 N–H and O–H groups in total. The maximum atomic E-state index is 10.6. The van der Waals surface area contributed by atoms with Crippen molar-refractivity contribution in [3.05, 3.63) is 42.0 Å². The summed E-state index contributed by atoms with van der Waals surface area (Å²) in [6.45, 7) is 2.37. The van der Waals surface area contributed by atoms with Gasteiger partial charge in [-0.1, -0.05) is 36.4 Å². The standard InChI is InChI=1S/C12H13N.C2HF3O2/c1-2-4-10(5-3-1)11-6-12(7-11)8-13-9-12;3-2(4,5)1(6)7/h1-6,13H,7-9H2;(H,6,7). The van der Waals surface area contributed by atoms with E-state index in [1.165, 1.54) is 30.6 Å².